The van der Waals surface area contributed by atoms with Crippen molar-refractivity contribution in [2.45, 2.75) is 31.3 Å². The van der Waals surface area contributed by atoms with E-state index in [1.54, 1.807) is 6.92 Å². The molecule has 0 radical (unpaired) electrons. The van der Waals surface area contributed by atoms with Crippen LogP contribution in [0.4, 0.5) is 0 Å². The number of sulfone groups is 1. The fraction of sp³-hybridized carbons (Fsp3) is 0.778. The van der Waals surface area contributed by atoms with Gasteiger partial charge in [0.25, 0.3) is 0 Å². The first-order valence-corrected chi connectivity index (χ1v) is 6.95. The number of hydrogen-bond acceptors (Lipinski definition) is 5. The zero-order valence-electron chi connectivity index (χ0n) is 9.47. The highest BCUT2D eigenvalue weighted by Gasteiger charge is 2.40. The third-order valence-electron chi connectivity index (χ3n) is 2.66. The Hall–Kier alpha value is -1.15. The Balaban J connectivity index is 2.60. The number of rotatable bonds is 4. The molecule has 2 unspecified atom stereocenters. The molecule has 0 aromatic carbocycles. The minimum Gasteiger partial charge on any atom is -0.481 e. The van der Waals surface area contributed by atoms with Gasteiger partial charge in [0, 0.05) is 0 Å². The van der Waals surface area contributed by atoms with E-state index in [0.717, 1.165) is 0 Å². The lowest BCUT2D eigenvalue weighted by Gasteiger charge is -2.25. The molecule has 1 aliphatic heterocycles. The molecule has 0 bridgehead atoms. The summed E-state index contributed by atoms with van der Waals surface area (Å²) < 4.78 is 22.6. The number of carboxylic acid groups (broad SMARTS) is 1. The molecular formula is C9H16N2O5S. The van der Waals surface area contributed by atoms with Crippen LogP contribution in [0.2, 0.25) is 0 Å². The van der Waals surface area contributed by atoms with Crippen LogP contribution >= 0.6 is 0 Å². The number of hydrogen-bond donors (Lipinski definition) is 3. The number of carbonyl (C=O) groups is 2. The van der Waals surface area contributed by atoms with E-state index in [2.05, 4.69) is 5.32 Å². The third-order valence-corrected chi connectivity index (χ3v) is 4.56. The van der Waals surface area contributed by atoms with E-state index in [0.29, 0.717) is 6.42 Å². The zero-order chi connectivity index (χ0) is 13.3. The van der Waals surface area contributed by atoms with Crippen LogP contribution in [-0.2, 0) is 19.4 Å². The Morgan fingerprint density at radius 1 is 1.53 bits per heavy atom. The SMILES string of the molecule is CC1(NC(=O)C(N)CC(=O)O)CCS(=O)(=O)C1. The van der Waals surface area contributed by atoms with Crippen LogP contribution in [0.25, 0.3) is 0 Å². The maximum atomic E-state index is 11.6. The van der Waals surface area contributed by atoms with Crippen molar-refractivity contribution in [1.82, 2.24) is 5.32 Å². The molecule has 2 atom stereocenters. The summed E-state index contributed by atoms with van der Waals surface area (Å²) in [5.41, 5.74) is 4.54. The molecule has 17 heavy (non-hydrogen) atoms. The number of nitrogens with two attached hydrogens (primary N) is 1. The van der Waals surface area contributed by atoms with Gasteiger partial charge >= 0.3 is 5.97 Å². The second kappa shape index (κ2) is 4.61. The van der Waals surface area contributed by atoms with Crippen molar-refractivity contribution >= 4 is 21.7 Å². The lowest BCUT2D eigenvalue weighted by Crippen LogP contribution is -2.53. The quantitative estimate of drug-likeness (QED) is 0.566. The van der Waals surface area contributed by atoms with Crippen LogP contribution in [0.1, 0.15) is 19.8 Å². The van der Waals surface area contributed by atoms with Crippen LogP contribution in [-0.4, -0.2) is 48.5 Å². The largest absolute Gasteiger partial charge is 0.481 e. The van der Waals surface area contributed by atoms with Gasteiger partial charge in [0.05, 0.1) is 29.5 Å². The molecule has 1 amide bonds. The first-order chi connectivity index (χ1) is 7.64. The predicted octanol–water partition coefficient (Wildman–Crippen LogP) is -1.52. The summed E-state index contributed by atoms with van der Waals surface area (Å²) in [6.07, 6.45) is -0.157. The Morgan fingerprint density at radius 2 is 2.12 bits per heavy atom. The van der Waals surface area contributed by atoms with Crippen LogP contribution < -0.4 is 11.1 Å². The van der Waals surface area contributed by atoms with E-state index in [4.69, 9.17) is 10.8 Å². The molecule has 7 nitrogen and oxygen atoms in total. The Morgan fingerprint density at radius 3 is 2.53 bits per heavy atom. The van der Waals surface area contributed by atoms with Gasteiger partial charge in [-0.2, -0.15) is 0 Å². The first kappa shape index (κ1) is 13.9. The lowest BCUT2D eigenvalue weighted by atomic mass is 10.0. The molecule has 1 fully saturated rings. The maximum absolute atomic E-state index is 11.6. The molecule has 0 aliphatic carbocycles. The third kappa shape index (κ3) is 3.97. The fourth-order valence-corrected chi connectivity index (χ4v) is 3.87. The van der Waals surface area contributed by atoms with Gasteiger partial charge in [0.2, 0.25) is 5.91 Å². The van der Waals surface area contributed by atoms with E-state index < -0.39 is 39.7 Å². The van der Waals surface area contributed by atoms with Gasteiger partial charge in [-0.15, -0.1) is 0 Å². The van der Waals surface area contributed by atoms with Gasteiger partial charge in [-0.05, 0) is 13.3 Å². The smallest absolute Gasteiger partial charge is 0.305 e. The first-order valence-electron chi connectivity index (χ1n) is 5.13. The Bertz CT molecular complexity index is 433. The Labute approximate surface area is 99.3 Å². The highest BCUT2D eigenvalue weighted by atomic mass is 32.2. The molecule has 1 rings (SSSR count). The topological polar surface area (TPSA) is 127 Å². The molecule has 1 heterocycles. The number of nitrogens with one attached hydrogen (secondary N) is 1. The summed E-state index contributed by atoms with van der Waals surface area (Å²) >= 11 is 0. The standard InChI is InChI=1S/C9H16N2O5S/c1-9(2-3-17(15,16)5-9)11-8(14)6(10)4-7(12)13/h6H,2-5,10H2,1H3,(H,11,14)(H,12,13). The molecule has 8 heteroatoms. The van der Waals surface area contributed by atoms with Gasteiger partial charge in [-0.3, -0.25) is 9.59 Å². The highest BCUT2D eigenvalue weighted by molar-refractivity contribution is 7.91. The minimum absolute atomic E-state index is 0.0257. The second-order valence-electron chi connectivity index (χ2n) is 4.60. The second-order valence-corrected chi connectivity index (χ2v) is 6.78. The van der Waals surface area contributed by atoms with Gasteiger partial charge in [0.1, 0.15) is 0 Å². The van der Waals surface area contributed by atoms with Crippen molar-refractivity contribution < 1.29 is 23.1 Å². The van der Waals surface area contributed by atoms with E-state index in [-0.39, 0.29) is 11.5 Å². The van der Waals surface area contributed by atoms with Crippen molar-refractivity contribution in [2.24, 2.45) is 5.73 Å². The van der Waals surface area contributed by atoms with Gasteiger partial charge in [-0.1, -0.05) is 0 Å². The molecule has 1 aliphatic rings. The molecule has 4 N–H and O–H groups in total. The van der Waals surface area contributed by atoms with E-state index in [1.165, 1.54) is 0 Å². The zero-order valence-corrected chi connectivity index (χ0v) is 10.3. The van der Waals surface area contributed by atoms with Gasteiger partial charge < -0.3 is 16.2 Å². The van der Waals surface area contributed by atoms with Crippen LogP contribution in [0, 0.1) is 0 Å². The summed E-state index contributed by atoms with van der Waals surface area (Å²) in [6.45, 7) is 1.61. The number of carbonyl (C=O) groups excluding carboxylic acids is 1. The number of amides is 1. The van der Waals surface area contributed by atoms with Crippen LogP contribution in [0.3, 0.4) is 0 Å². The molecule has 98 valence electrons. The summed E-state index contributed by atoms with van der Waals surface area (Å²) in [5, 5.41) is 11.0. The van der Waals surface area contributed by atoms with Crippen molar-refractivity contribution in [3.8, 4) is 0 Å². The van der Waals surface area contributed by atoms with E-state index in [9.17, 15) is 18.0 Å². The predicted molar refractivity (Wildman–Crippen MR) is 60.0 cm³/mol. The number of carboxylic acids is 1. The molecule has 0 saturated carbocycles. The minimum atomic E-state index is -3.12. The van der Waals surface area contributed by atoms with Crippen molar-refractivity contribution in [2.75, 3.05) is 11.5 Å². The van der Waals surface area contributed by atoms with Crippen molar-refractivity contribution in [3.05, 3.63) is 0 Å². The van der Waals surface area contributed by atoms with Crippen molar-refractivity contribution in [3.63, 3.8) is 0 Å². The normalized spacial score (nSPS) is 28.6. The summed E-state index contributed by atoms with van der Waals surface area (Å²) in [7, 11) is -3.12. The van der Waals surface area contributed by atoms with Crippen LogP contribution in [0.5, 0.6) is 0 Å². The summed E-state index contributed by atoms with van der Waals surface area (Å²) in [5.74, 6) is -1.91. The molecule has 0 spiro atoms. The van der Waals surface area contributed by atoms with E-state index >= 15 is 0 Å². The van der Waals surface area contributed by atoms with Gasteiger partial charge in [-0.25, -0.2) is 8.42 Å². The lowest BCUT2D eigenvalue weighted by molar-refractivity contribution is -0.139. The summed E-state index contributed by atoms with van der Waals surface area (Å²) in [6, 6.07) is -1.16. The number of aliphatic carboxylic acids is 1. The molecule has 1 saturated heterocycles. The monoisotopic (exact) mass is 264 g/mol. The molecule has 0 aromatic rings. The highest BCUT2D eigenvalue weighted by Crippen LogP contribution is 2.22. The Kier molecular flexibility index (Phi) is 3.78. The van der Waals surface area contributed by atoms with E-state index in [1.807, 2.05) is 0 Å². The van der Waals surface area contributed by atoms with Gasteiger partial charge in [0.15, 0.2) is 9.84 Å². The molecular weight excluding hydrogens is 248 g/mol. The fourth-order valence-electron chi connectivity index (χ4n) is 1.78. The average Bonchev–Trinajstić information content (AvgIpc) is 2.39. The van der Waals surface area contributed by atoms with Crippen LogP contribution in [0.15, 0.2) is 0 Å². The maximum Gasteiger partial charge on any atom is 0.305 e. The molecule has 0 aromatic heterocycles. The van der Waals surface area contributed by atoms with Crippen molar-refractivity contribution in [1.29, 1.82) is 0 Å². The average molecular weight is 264 g/mol. The summed E-state index contributed by atoms with van der Waals surface area (Å²) in [4.78, 5) is 21.9.